The second-order valence-electron chi connectivity index (χ2n) is 4.22. The molecule has 0 spiro atoms. The molecule has 0 amide bonds. The standard InChI is InChI=1S/C13H17FN2O2/c1-2-13(8-17,9-18)16-7-11-5-12(14)4-3-10(11)6-15/h3-5,16-18H,2,7-9H2,1H3. The molecular formula is C13H17FN2O2. The third-order valence-electron chi connectivity index (χ3n) is 3.12. The molecule has 0 aromatic heterocycles. The summed E-state index contributed by atoms with van der Waals surface area (Å²) in [6.45, 7) is 1.60. The quantitative estimate of drug-likeness (QED) is 0.703. The fraction of sp³-hybridized carbons (Fsp3) is 0.462. The molecule has 0 aliphatic rings. The number of nitrogens with zero attached hydrogens (tertiary/aromatic N) is 1. The zero-order valence-corrected chi connectivity index (χ0v) is 10.3. The highest BCUT2D eigenvalue weighted by Crippen LogP contribution is 2.14. The van der Waals surface area contributed by atoms with Crippen LogP contribution in [0.15, 0.2) is 18.2 Å². The van der Waals surface area contributed by atoms with Crippen molar-refractivity contribution in [1.29, 1.82) is 5.26 Å². The predicted molar refractivity (Wildman–Crippen MR) is 65.1 cm³/mol. The Morgan fingerprint density at radius 3 is 2.56 bits per heavy atom. The van der Waals surface area contributed by atoms with Gasteiger partial charge in [0.1, 0.15) is 5.82 Å². The molecule has 3 N–H and O–H groups in total. The first kappa shape index (κ1) is 14.6. The van der Waals surface area contributed by atoms with Crippen molar-refractivity contribution in [3.05, 3.63) is 35.1 Å². The van der Waals surface area contributed by atoms with Crippen molar-refractivity contribution in [2.45, 2.75) is 25.4 Å². The Morgan fingerprint density at radius 2 is 2.06 bits per heavy atom. The summed E-state index contributed by atoms with van der Waals surface area (Å²) in [6.07, 6.45) is 0.525. The van der Waals surface area contributed by atoms with Crippen LogP contribution < -0.4 is 5.32 Å². The number of hydrogen-bond donors (Lipinski definition) is 3. The Labute approximate surface area is 106 Å². The van der Waals surface area contributed by atoms with Gasteiger partial charge in [-0.15, -0.1) is 0 Å². The maximum Gasteiger partial charge on any atom is 0.123 e. The highest BCUT2D eigenvalue weighted by molar-refractivity contribution is 5.37. The molecule has 0 bridgehead atoms. The highest BCUT2D eigenvalue weighted by Gasteiger charge is 2.25. The van der Waals surface area contributed by atoms with Crippen LogP contribution in [0.25, 0.3) is 0 Å². The molecule has 98 valence electrons. The number of aliphatic hydroxyl groups excluding tert-OH is 2. The van der Waals surface area contributed by atoms with E-state index >= 15 is 0 Å². The monoisotopic (exact) mass is 252 g/mol. The lowest BCUT2D eigenvalue weighted by Gasteiger charge is -2.30. The van der Waals surface area contributed by atoms with Crippen LogP contribution in [0.5, 0.6) is 0 Å². The number of nitrogens with one attached hydrogen (secondary N) is 1. The number of nitriles is 1. The van der Waals surface area contributed by atoms with E-state index in [0.717, 1.165) is 0 Å². The molecule has 0 saturated carbocycles. The van der Waals surface area contributed by atoms with Gasteiger partial charge in [0, 0.05) is 6.54 Å². The van der Waals surface area contributed by atoms with Crippen LogP contribution in [0.4, 0.5) is 4.39 Å². The normalized spacial score (nSPS) is 11.3. The second-order valence-corrected chi connectivity index (χ2v) is 4.22. The number of rotatable bonds is 6. The Bertz CT molecular complexity index is 431. The largest absolute Gasteiger partial charge is 0.394 e. The number of halogens is 1. The van der Waals surface area contributed by atoms with E-state index in [-0.39, 0.29) is 19.8 Å². The van der Waals surface area contributed by atoms with Gasteiger partial charge < -0.3 is 15.5 Å². The van der Waals surface area contributed by atoms with E-state index in [1.54, 1.807) is 0 Å². The molecule has 1 aromatic rings. The van der Waals surface area contributed by atoms with Crippen LogP contribution in [-0.4, -0.2) is 29.0 Å². The van der Waals surface area contributed by atoms with Crippen LogP contribution in [-0.2, 0) is 6.54 Å². The number of hydrogen-bond acceptors (Lipinski definition) is 4. The van der Waals surface area contributed by atoms with E-state index in [2.05, 4.69) is 5.32 Å². The first-order valence-electron chi connectivity index (χ1n) is 5.76. The van der Waals surface area contributed by atoms with Crippen LogP contribution in [0, 0.1) is 17.1 Å². The first-order chi connectivity index (χ1) is 8.60. The van der Waals surface area contributed by atoms with E-state index in [0.29, 0.717) is 17.5 Å². The third kappa shape index (κ3) is 3.26. The van der Waals surface area contributed by atoms with Crippen LogP contribution in [0.1, 0.15) is 24.5 Å². The summed E-state index contributed by atoms with van der Waals surface area (Å²) in [6, 6.07) is 5.90. The first-order valence-corrected chi connectivity index (χ1v) is 5.76. The fourth-order valence-corrected chi connectivity index (χ4v) is 1.61. The van der Waals surface area contributed by atoms with Crippen molar-refractivity contribution in [1.82, 2.24) is 5.32 Å². The van der Waals surface area contributed by atoms with Gasteiger partial charge >= 0.3 is 0 Å². The molecule has 18 heavy (non-hydrogen) atoms. The van der Waals surface area contributed by atoms with Crippen LogP contribution in [0.2, 0.25) is 0 Å². The molecule has 1 aromatic carbocycles. The van der Waals surface area contributed by atoms with Gasteiger partial charge in [-0.1, -0.05) is 6.92 Å². The van der Waals surface area contributed by atoms with E-state index in [4.69, 9.17) is 5.26 Å². The summed E-state index contributed by atoms with van der Waals surface area (Å²) in [5.41, 5.74) is 0.0842. The maximum absolute atomic E-state index is 13.1. The topological polar surface area (TPSA) is 76.3 Å². The zero-order chi connectivity index (χ0) is 13.6. The van der Waals surface area contributed by atoms with Gasteiger partial charge in [-0.25, -0.2) is 4.39 Å². The van der Waals surface area contributed by atoms with Gasteiger partial charge in [0.2, 0.25) is 0 Å². The molecule has 1 rings (SSSR count). The van der Waals surface area contributed by atoms with E-state index in [1.165, 1.54) is 18.2 Å². The summed E-state index contributed by atoms with van der Waals surface area (Å²) < 4.78 is 13.1. The zero-order valence-electron chi connectivity index (χ0n) is 10.3. The Morgan fingerprint density at radius 1 is 1.39 bits per heavy atom. The molecule has 0 radical (unpaired) electrons. The van der Waals surface area contributed by atoms with Crippen molar-refractivity contribution in [3.63, 3.8) is 0 Å². The predicted octanol–water partition coefficient (Wildman–Crippen LogP) is 0.920. The summed E-state index contributed by atoms with van der Waals surface area (Å²) in [7, 11) is 0. The van der Waals surface area contributed by atoms with Gasteiger partial charge in [0.25, 0.3) is 0 Å². The second kappa shape index (κ2) is 6.45. The maximum atomic E-state index is 13.1. The SMILES string of the molecule is CCC(CO)(CO)NCc1cc(F)ccc1C#N. The average Bonchev–Trinajstić information content (AvgIpc) is 2.41. The Hall–Kier alpha value is -1.48. The van der Waals surface area contributed by atoms with Gasteiger partial charge in [0.15, 0.2) is 0 Å². The summed E-state index contributed by atoms with van der Waals surface area (Å²) in [4.78, 5) is 0. The van der Waals surface area contributed by atoms with Gasteiger partial charge in [-0.05, 0) is 30.2 Å². The minimum absolute atomic E-state index is 0.218. The van der Waals surface area contributed by atoms with Gasteiger partial charge in [0.05, 0.1) is 30.4 Å². The van der Waals surface area contributed by atoms with E-state index in [1.807, 2.05) is 13.0 Å². The highest BCUT2D eigenvalue weighted by atomic mass is 19.1. The Kier molecular flexibility index (Phi) is 5.23. The number of aliphatic hydroxyl groups is 2. The molecular weight excluding hydrogens is 235 g/mol. The average molecular weight is 252 g/mol. The Balaban J connectivity index is 2.85. The van der Waals surface area contributed by atoms with E-state index < -0.39 is 11.4 Å². The summed E-state index contributed by atoms with van der Waals surface area (Å²) in [5, 5.41) is 30.4. The summed E-state index contributed by atoms with van der Waals surface area (Å²) in [5.74, 6) is -0.416. The van der Waals surface area contributed by atoms with Crippen molar-refractivity contribution < 1.29 is 14.6 Å². The van der Waals surface area contributed by atoms with Gasteiger partial charge in [-0.2, -0.15) is 5.26 Å². The molecule has 0 aliphatic heterocycles. The summed E-state index contributed by atoms with van der Waals surface area (Å²) >= 11 is 0. The molecule has 0 aliphatic carbocycles. The lowest BCUT2D eigenvalue weighted by molar-refractivity contribution is 0.0864. The molecule has 5 heteroatoms. The number of benzene rings is 1. The van der Waals surface area contributed by atoms with Crippen molar-refractivity contribution >= 4 is 0 Å². The lowest BCUT2D eigenvalue weighted by Crippen LogP contribution is -2.50. The minimum Gasteiger partial charge on any atom is -0.394 e. The molecule has 0 atom stereocenters. The third-order valence-corrected chi connectivity index (χ3v) is 3.12. The van der Waals surface area contributed by atoms with Crippen molar-refractivity contribution in [3.8, 4) is 6.07 Å². The van der Waals surface area contributed by atoms with Crippen molar-refractivity contribution in [2.75, 3.05) is 13.2 Å². The minimum atomic E-state index is -0.807. The lowest BCUT2D eigenvalue weighted by atomic mass is 9.97. The molecule has 0 unspecified atom stereocenters. The molecule has 0 fully saturated rings. The smallest absolute Gasteiger partial charge is 0.123 e. The van der Waals surface area contributed by atoms with E-state index in [9.17, 15) is 14.6 Å². The van der Waals surface area contributed by atoms with Crippen molar-refractivity contribution in [2.24, 2.45) is 0 Å². The molecule has 0 saturated heterocycles. The molecule has 4 nitrogen and oxygen atoms in total. The van der Waals surface area contributed by atoms with Crippen LogP contribution >= 0.6 is 0 Å². The van der Waals surface area contributed by atoms with Gasteiger partial charge in [-0.3, -0.25) is 0 Å². The fourth-order valence-electron chi connectivity index (χ4n) is 1.61. The van der Waals surface area contributed by atoms with Crippen LogP contribution in [0.3, 0.4) is 0 Å². The molecule has 0 heterocycles.